The first-order valence-electron chi connectivity index (χ1n) is 10.6. The molecule has 1 aromatic heterocycles. The van der Waals surface area contributed by atoms with E-state index in [1.165, 1.54) is 0 Å². The Morgan fingerprint density at radius 2 is 1.91 bits per heavy atom. The zero-order valence-corrected chi connectivity index (χ0v) is 20.3. The number of fused-ring (bicyclic) bond motifs is 1. The first-order chi connectivity index (χ1) is 15.3. The lowest BCUT2D eigenvalue weighted by Crippen LogP contribution is -2.28. The second-order valence-electron chi connectivity index (χ2n) is 8.23. The van der Waals surface area contributed by atoms with E-state index in [-0.39, 0.29) is 36.8 Å². The molecule has 0 aliphatic carbocycles. The lowest BCUT2D eigenvalue weighted by Gasteiger charge is -2.18. The highest BCUT2D eigenvalue weighted by Crippen LogP contribution is 2.27. The van der Waals surface area contributed by atoms with Gasteiger partial charge in [-0.1, -0.05) is 24.3 Å². The number of hydrogen-bond donors (Lipinski definition) is 5. The number of aliphatic carboxylic acids is 1. The Balaban J connectivity index is 0.00000204. The fourth-order valence-corrected chi connectivity index (χ4v) is 4.13. The Morgan fingerprint density at radius 3 is 2.50 bits per heavy atom. The van der Waals surface area contributed by atoms with E-state index < -0.39 is 11.9 Å². The average Bonchev–Trinajstić information content (AvgIpc) is 3.38. The number of ether oxygens (including phenoxy) is 1. The predicted molar refractivity (Wildman–Crippen MR) is 138 cm³/mol. The minimum atomic E-state index is -0.894. The van der Waals surface area contributed by atoms with Crippen molar-refractivity contribution >= 4 is 53.4 Å². The quantitative estimate of drug-likeness (QED) is 0.242. The van der Waals surface area contributed by atoms with Crippen molar-refractivity contribution in [2.75, 3.05) is 13.1 Å². The molecule has 10 heteroatoms. The zero-order chi connectivity index (χ0) is 22.8. The number of carboxylic acids is 1. The van der Waals surface area contributed by atoms with Crippen LogP contribution in [0, 0.1) is 10.8 Å². The van der Waals surface area contributed by atoms with Crippen molar-refractivity contribution in [2.24, 2.45) is 5.73 Å². The van der Waals surface area contributed by atoms with Gasteiger partial charge in [0.1, 0.15) is 17.7 Å². The Bertz CT molecular complexity index is 1180. The first-order valence-corrected chi connectivity index (χ1v) is 10.6. The molecule has 1 saturated heterocycles. The van der Waals surface area contributed by atoms with Crippen LogP contribution in [0.4, 0.5) is 0 Å². The molecule has 2 heterocycles. The number of H-pyrrole nitrogens is 1. The van der Waals surface area contributed by atoms with Crippen LogP contribution < -0.4 is 10.5 Å². The van der Waals surface area contributed by atoms with E-state index in [1.807, 2.05) is 29.2 Å². The Kier molecular flexibility index (Phi) is 8.95. The Labute approximate surface area is 210 Å². The summed E-state index contributed by atoms with van der Waals surface area (Å²) in [5.41, 5.74) is 8.52. The van der Waals surface area contributed by atoms with Gasteiger partial charge >= 0.3 is 5.97 Å². The molecule has 0 amide bonds. The van der Waals surface area contributed by atoms with Crippen LogP contribution in [0.3, 0.4) is 0 Å². The number of nitrogens with one attached hydrogen (secondary N) is 3. The molecule has 1 aliphatic rings. The number of halogens is 2. The number of benzene rings is 2. The molecule has 2 aromatic carbocycles. The van der Waals surface area contributed by atoms with Gasteiger partial charge in [0.05, 0.1) is 18.3 Å². The molecule has 4 rings (SSSR count). The maximum atomic E-state index is 12.0. The third-order valence-electron chi connectivity index (χ3n) is 5.92. The molecule has 1 aliphatic heterocycles. The van der Waals surface area contributed by atoms with E-state index in [0.29, 0.717) is 35.7 Å². The first kappa shape index (κ1) is 27.0. The third kappa shape index (κ3) is 6.01. The minimum absolute atomic E-state index is 0. The third-order valence-corrected chi connectivity index (χ3v) is 5.92. The molecule has 0 bridgehead atoms. The van der Waals surface area contributed by atoms with Gasteiger partial charge in [0.25, 0.3) is 0 Å². The van der Waals surface area contributed by atoms with Crippen LogP contribution in [-0.4, -0.2) is 51.8 Å². The fraction of sp³-hybridized carbons (Fsp3) is 0.292. The lowest BCUT2D eigenvalue weighted by molar-refractivity contribution is -0.138. The summed E-state index contributed by atoms with van der Waals surface area (Å²) in [6.45, 7) is 3.29. The summed E-state index contributed by atoms with van der Waals surface area (Å²) < 4.78 is 6.02. The molecule has 0 spiro atoms. The van der Waals surface area contributed by atoms with E-state index in [0.717, 1.165) is 29.6 Å². The highest BCUT2D eigenvalue weighted by molar-refractivity contribution is 5.98. The molecule has 0 radical (unpaired) electrons. The average molecular weight is 506 g/mol. The van der Waals surface area contributed by atoms with E-state index in [9.17, 15) is 9.90 Å². The summed E-state index contributed by atoms with van der Waals surface area (Å²) in [7, 11) is 0. The van der Waals surface area contributed by atoms with Crippen molar-refractivity contribution in [1.29, 1.82) is 10.8 Å². The van der Waals surface area contributed by atoms with Gasteiger partial charge in [0, 0.05) is 36.2 Å². The van der Waals surface area contributed by atoms with Gasteiger partial charge in [0.2, 0.25) is 0 Å². The maximum absolute atomic E-state index is 12.0. The van der Waals surface area contributed by atoms with Crippen LogP contribution in [-0.2, 0) is 11.2 Å². The van der Waals surface area contributed by atoms with E-state index in [2.05, 4.69) is 4.98 Å². The van der Waals surface area contributed by atoms with E-state index >= 15 is 0 Å². The van der Waals surface area contributed by atoms with Crippen molar-refractivity contribution in [1.82, 2.24) is 9.88 Å². The van der Waals surface area contributed by atoms with Gasteiger partial charge in [-0.2, -0.15) is 0 Å². The number of likely N-dealkylation sites (tertiary alicyclic amines) is 1. The number of aromatic nitrogens is 1. The number of carbonyl (C=O) groups is 1. The van der Waals surface area contributed by atoms with Crippen LogP contribution in [0.15, 0.2) is 48.5 Å². The minimum Gasteiger partial charge on any atom is -0.489 e. The molecule has 6 N–H and O–H groups in total. The normalized spacial score (nSPS) is 15.8. The molecular weight excluding hydrogens is 477 g/mol. The molecule has 1 fully saturated rings. The SMILES string of the molecule is CC(=N)N1CC[C@@H](Oc2ccc(C(Cc3cc4ccc(C(=N)N)cc4[nH]3)C(=O)O)cc2)C1.Cl.Cl. The fourth-order valence-electron chi connectivity index (χ4n) is 4.13. The van der Waals surface area contributed by atoms with Crippen molar-refractivity contribution in [3.8, 4) is 5.75 Å². The lowest BCUT2D eigenvalue weighted by atomic mass is 9.94. The number of nitrogen functional groups attached to an aromatic ring is 1. The van der Waals surface area contributed by atoms with Crippen molar-refractivity contribution in [3.05, 3.63) is 65.4 Å². The molecule has 182 valence electrons. The molecular formula is C24H29Cl2N5O3. The predicted octanol–water partition coefficient (Wildman–Crippen LogP) is 4.16. The standard InChI is InChI=1S/C24H27N5O3.2ClH/c1-14(25)29-9-8-20(13-29)32-19-6-4-15(5-7-19)21(24(30)31)12-18-10-16-2-3-17(23(26)27)11-22(16)28-18;;/h2-7,10-11,20-21,25,28H,8-9,12-13H2,1H3,(H3,26,27)(H,30,31);2*1H/t20-,21?;;/m1../s1. The summed E-state index contributed by atoms with van der Waals surface area (Å²) in [5.74, 6) is -0.353. The molecule has 2 atom stereocenters. The van der Waals surface area contributed by atoms with Gasteiger partial charge in [-0.3, -0.25) is 15.6 Å². The monoisotopic (exact) mass is 505 g/mol. The topological polar surface area (TPSA) is 139 Å². The van der Waals surface area contributed by atoms with Crippen molar-refractivity contribution in [2.45, 2.75) is 31.8 Å². The van der Waals surface area contributed by atoms with Crippen LogP contribution in [0.1, 0.15) is 36.1 Å². The van der Waals surface area contributed by atoms with Gasteiger partial charge in [-0.15, -0.1) is 24.8 Å². The van der Waals surface area contributed by atoms with Gasteiger partial charge in [-0.25, -0.2) is 0 Å². The summed E-state index contributed by atoms with van der Waals surface area (Å²) in [4.78, 5) is 17.3. The van der Waals surface area contributed by atoms with Gasteiger partial charge in [-0.05, 0) is 42.1 Å². The number of carboxylic acid groups (broad SMARTS) is 1. The van der Waals surface area contributed by atoms with E-state index in [1.54, 1.807) is 31.2 Å². The summed E-state index contributed by atoms with van der Waals surface area (Å²) in [6.07, 6.45) is 1.21. The number of nitrogens with zero attached hydrogens (tertiary/aromatic N) is 1. The van der Waals surface area contributed by atoms with E-state index in [4.69, 9.17) is 21.3 Å². The van der Waals surface area contributed by atoms with Crippen LogP contribution >= 0.6 is 24.8 Å². The second-order valence-corrected chi connectivity index (χ2v) is 8.23. The zero-order valence-electron chi connectivity index (χ0n) is 18.7. The number of amidine groups is 2. The van der Waals surface area contributed by atoms with Crippen LogP contribution in [0.25, 0.3) is 10.9 Å². The molecule has 1 unspecified atom stereocenters. The number of hydrogen-bond acceptors (Lipinski definition) is 4. The Hall–Kier alpha value is -3.23. The molecule has 0 saturated carbocycles. The number of aromatic amines is 1. The summed E-state index contributed by atoms with van der Waals surface area (Å²) >= 11 is 0. The smallest absolute Gasteiger partial charge is 0.311 e. The number of nitrogens with two attached hydrogens (primary N) is 1. The van der Waals surface area contributed by atoms with Gasteiger partial charge in [0.15, 0.2) is 0 Å². The van der Waals surface area contributed by atoms with Crippen LogP contribution in [0.2, 0.25) is 0 Å². The largest absolute Gasteiger partial charge is 0.489 e. The Morgan fingerprint density at radius 1 is 1.21 bits per heavy atom. The van der Waals surface area contributed by atoms with Crippen molar-refractivity contribution in [3.63, 3.8) is 0 Å². The summed E-state index contributed by atoms with van der Waals surface area (Å²) in [6, 6.07) is 14.6. The summed E-state index contributed by atoms with van der Waals surface area (Å²) in [5, 5.41) is 26.1. The van der Waals surface area contributed by atoms with Crippen molar-refractivity contribution < 1.29 is 14.6 Å². The second kappa shape index (κ2) is 11.3. The molecule has 3 aromatic rings. The maximum Gasteiger partial charge on any atom is 0.311 e. The highest BCUT2D eigenvalue weighted by atomic mass is 35.5. The van der Waals surface area contributed by atoms with Gasteiger partial charge < -0.3 is 25.5 Å². The molecule has 34 heavy (non-hydrogen) atoms. The molecule has 8 nitrogen and oxygen atoms in total. The number of rotatable bonds is 7. The van der Waals surface area contributed by atoms with Crippen LogP contribution in [0.5, 0.6) is 5.75 Å². The highest BCUT2D eigenvalue weighted by Gasteiger charge is 2.25.